The summed E-state index contributed by atoms with van der Waals surface area (Å²) in [5.74, 6) is 0.124. The maximum atomic E-state index is 13.3. The Labute approximate surface area is 221 Å². The summed E-state index contributed by atoms with van der Waals surface area (Å²) in [6, 6.07) is 16.7. The number of nitrogens with zero attached hydrogens (tertiary/aromatic N) is 2. The zero-order valence-electron chi connectivity index (χ0n) is 21.7. The molecule has 0 fully saturated rings. The standard InChI is InChI=1S/C28H28N4O5S/c1-16-9-12-23(36-5)21(15-16)22-11-10-20(27(33)32-38(34,35)25-8-6-7-24(29)31-25)28(30-22)37-26-18(3)13-17(2)14-19(26)4/h6-15H,1-5H3,(H2,29,31)(H,32,33). The molecule has 0 spiro atoms. The first-order valence-corrected chi connectivity index (χ1v) is 13.2. The predicted octanol–water partition coefficient (Wildman–Crippen LogP) is 4.88. The van der Waals surface area contributed by atoms with Gasteiger partial charge in [0.1, 0.15) is 22.9 Å². The van der Waals surface area contributed by atoms with Crippen molar-refractivity contribution in [1.29, 1.82) is 0 Å². The summed E-state index contributed by atoms with van der Waals surface area (Å²) >= 11 is 0. The van der Waals surface area contributed by atoms with Crippen LogP contribution in [0.3, 0.4) is 0 Å². The average molecular weight is 533 g/mol. The second kappa shape index (κ2) is 10.5. The molecule has 196 valence electrons. The topological polar surface area (TPSA) is 134 Å². The van der Waals surface area contributed by atoms with Crippen LogP contribution in [0.25, 0.3) is 11.3 Å². The highest BCUT2D eigenvalue weighted by molar-refractivity contribution is 7.90. The van der Waals surface area contributed by atoms with Crippen LogP contribution in [0, 0.1) is 27.7 Å². The number of nitrogens with one attached hydrogen (secondary N) is 1. The van der Waals surface area contributed by atoms with E-state index in [9.17, 15) is 13.2 Å². The Balaban J connectivity index is 1.82. The van der Waals surface area contributed by atoms with Gasteiger partial charge in [0.2, 0.25) is 5.88 Å². The van der Waals surface area contributed by atoms with Crippen LogP contribution >= 0.6 is 0 Å². The number of aromatic nitrogens is 2. The molecule has 0 aliphatic heterocycles. The number of ether oxygens (including phenoxy) is 2. The van der Waals surface area contributed by atoms with Gasteiger partial charge in [0, 0.05) is 5.56 Å². The maximum Gasteiger partial charge on any atom is 0.281 e. The molecule has 0 saturated carbocycles. The highest BCUT2D eigenvalue weighted by atomic mass is 32.2. The van der Waals surface area contributed by atoms with E-state index < -0.39 is 15.9 Å². The van der Waals surface area contributed by atoms with Gasteiger partial charge >= 0.3 is 0 Å². The van der Waals surface area contributed by atoms with E-state index in [1.807, 2.05) is 62.7 Å². The fourth-order valence-electron chi connectivity index (χ4n) is 4.10. The molecular formula is C28H28N4O5S. The van der Waals surface area contributed by atoms with Gasteiger partial charge in [0.05, 0.1) is 12.8 Å². The number of nitrogen functional groups attached to an aromatic ring is 1. The molecule has 4 rings (SSSR count). The van der Waals surface area contributed by atoms with Crippen LogP contribution in [0.15, 0.2) is 65.7 Å². The third-order valence-corrected chi connectivity index (χ3v) is 7.02. The summed E-state index contributed by atoms with van der Waals surface area (Å²) in [5, 5.41) is -0.382. The number of hydrogen-bond acceptors (Lipinski definition) is 8. The van der Waals surface area contributed by atoms with E-state index in [1.165, 1.54) is 24.3 Å². The van der Waals surface area contributed by atoms with Gasteiger partial charge in [-0.15, -0.1) is 0 Å². The zero-order valence-corrected chi connectivity index (χ0v) is 22.5. The van der Waals surface area contributed by atoms with Crippen molar-refractivity contribution in [2.45, 2.75) is 32.7 Å². The number of rotatable bonds is 7. The van der Waals surface area contributed by atoms with Crippen molar-refractivity contribution >= 4 is 21.7 Å². The Morgan fingerprint density at radius 1 is 0.895 bits per heavy atom. The number of carbonyl (C=O) groups excluding carboxylic acids is 1. The number of sulfonamides is 1. The molecule has 0 aliphatic rings. The Morgan fingerprint density at radius 2 is 1.61 bits per heavy atom. The molecule has 1 amide bonds. The Morgan fingerprint density at radius 3 is 2.26 bits per heavy atom. The van der Waals surface area contributed by atoms with Crippen molar-refractivity contribution in [2.75, 3.05) is 12.8 Å². The van der Waals surface area contributed by atoms with Gasteiger partial charge in [-0.05, 0) is 75.2 Å². The minimum Gasteiger partial charge on any atom is -0.496 e. The number of nitrogens with two attached hydrogens (primary N) is 1. The molecule has 0 atom stereocenters. The first-order chi connectivity index (χ1) is 18.0. The van der Waals surface area contributed by atoms with Crippen molar-refractivity contribution in [3.8, 4) is 28.6 Å². The molecule has 4 aromatic rings. The lowest BCUT2D eigenvalue weighted by Gasteiger charge is -2.16. The molecule has 0 unspecified atom stereocenters. The number of methoxy groups -OCH3 is 1. The van der Waals surface area contributed by atoms with Crippen LogP contribution in [0.1, 0.15) is 32.6 Å². The fraction of sp³-hybridized carbons (Fsp3) is 0.179. The summed E-state index contributed by atoms with van der Waals surface area (Å²) in [6.45, 7) is 7.69. The van der Waals surface area contributed by atoms with Gasteiger partial charge in [-0.1, -0.05) is 35.4 Å². The average Bonchev–Trinajstić information content (AvgIpc) is 2.85. The maximum absolute atomic E-state index is 13.3. The number of carbonyl (C=O) groups is 1. The largest absolute Gasteiger partial charge is 0.496 e. The van der Waals surface area contributed by atoms with Crippen LogP contribution in [0.4, 0.5) is 5.82 Å². The van der Waals surface area contributed by atoms with Crippen molar-refractivity contribution in [3.05, 3.63) is 88.5 Å². The number of benzene rings is 2. The molecule has 2 heterocycles. The van der Waals surface area contributed by atoms with E-state index in [4.69, 9.17) is 15.2 Å². The zero-order chi connectivity index (χ0) is 27.6. The number of amides is 1. The fourth-order valence-corrected chi connectivity index (χ4v) is 5.04. The lowest BCUT2D eigenvalue weighted by Crippen LogP contribution is -2.31. The number of aryl methyl sites for hydroxylation is 4. The quantitative estimate of drug-likeness (QED) is 0.344. The van der Waals surface area contributed by atoms with E-state index >= 15 is 0 Å². The highest BCUT2D eigenvalue weighted by Crippen LogP contribution is 2.35. The van der Waals surface area contributed by atoms with Crippen LogP contribution in [-0.2, 0) is 10.0 Å². The highest BCUT2D eigenvalue weighted by Gasteiger charge is 2.25. The normalized spacial score (nSPS) is 11.2. The minimum absolute atomic E-state index is 0.00721. The van der Waals surface area contributed by atoms with Gasteiger partial charge in [0.25, 0.3) is 15.9 Å². The van der Waals surface area contributed by atoms with Crippen molar-refractivity contribution in [3.63, 3.8) is 0 Å². The van der Waals surface area contributed by atoms with E-state index in [2.05, 4.69) is 9.97 Å². The molecule has 0 aliphatic carbocycles. The molecule has 3 N–H and O–H groups in total. The van der Waals surface area contributed by atoms with E-state index in [1.54, 1.807) is 13.2 Å². The molecule has 0 bridgehead atoms. The Hall–Kier alpha value is -4.44. The monoisotopic (exact) mass is 532 g/mol. The second-order valence-electron chi connectivity index (χ2n) is 8.92. The van der Waals surface area contributed by atoms with E-state index in [-0.39, 0.29) is 22.3 Å². The lowest BCUT2D eigenvalue weighted by atomic mass is 10.1. The number of pyridine rings is 2. The lowest BCUT2D eigenvalue weighted by molar-refractivity contribution is 0.0978. The van der Waals surface area contributed by atoms with E-state index in [0.29, 0.717) is 22.8 Å². The third kappa shape index (κ3) is 5.60. The molecule has 10 heteroatoms. The summed E-state index contributed by atoms with van der Waals surface area (Å²) in [6.07, 6.45) is 0. The molecule has 0 radical (unpaired) electrons. The first kappa shape index (κ1) is 26.6. The molecule has 2 aromatic heterocycles. The summed E-state index contributed by atoms with van der Waals surface area (Å²) in [5.41, 5.74) is 10.4. The van der Waals surface area contributed by atoms with Gasteiger partial charge in [-0.25, -0.2) is 14.7 Å². The second-order valence-corrected chi connectivity index (χ2v) is 10.5. The van der Waals surface area contributed by atoms with Crippen LogP contribution in [-0.4, -0.2) is 31.4 Å². The van der Waals surface area contributed by atoms with E-state index in [0.717, 1.165) is 22.3 Å². The SMILES string of the molecule is COc1ccc(C)cc1-c1ccc(C(=O)NS(=O)(=O)c2cccc(N)n2)c(Oc2c(C)cc(C)cc2C)n1. The third-order valence-electron chi connectivity index (χ3n) is 5.79. The first-order valence-electron chi connectivity index (χ1n) is 11.7. The van der Waals surface area contributed by atoms with Crippen LogP contribution in [0.2, 0.25) is 0 Å². The number of hydrogen-bond donors (Lipinski definition) is 2. The van der Waals surface area contributed by atoms with Crippen molar-refractivity contribution in [1.82, 2.24) is 14.7 Å². The predicted molar refractivity (Wildman–Crippen MR) is 145 cm³/mol. The molecule has 0 saturated heterocycles. The van der Waals surface area contributed by atoms with Gasteiger partial charge in [-0.2, -0.15) is 8.42 Å². The molecular weight excluding hydrogens is 504 g/mol. The molecule has 38 heavy (non-hydrogen) atoms. The van der Waals surface area contributed by atoms with Gasteiger partial charge in [-0.3, -0.25) is 4.79 Å². The van der Waals surface area contributed by atoms with Crippen LogP contribution < -0.4 is 19.9 Å². The van der Waals surface area contributed by atoms with Crippen molar-refractivity contribution < 1.29 is 22.7 Å². The smallest absolute Gasteiger partial charge is 0.281 e. The summed E-state index contributed by atoms with van der Waals surface area (Å²) in [7, 11) is -2.76. The number of anilines is 1. The minimum atomic E-state index is -4.31. The molecule has 9 nitrogen and oxygen atoms in total. The van der Waals surface area contributed by atoms with Crippen molar-refractivity contribution in [2.24, 2.45) is 0 Å². The van der Waals surface area contributed by atoms with Crippen LogP contribution in [0.5, 0.6) is 17.4 Å². The van der Waals surface area contributed by atoms with Gasteiger partial charge in [0.15, 0.2) is 5.03 Å². The molecule has 2 aromatic carbocycles. The summed E-state index contributed by atoms with van der Waals surface area (Å²) in [4.78, 5) is 21.7. The van der Waals surface area contributed by atoms with Gasteiger partial charge < -0.3 is 15.2 Å². The Kier molecular flexibility index (Phi) is 7.36. The Bertz CT molecular complexity index is 1630. The summed E-state index contributed by atoms with van der Waals surface area (Å²) < 4.78 is 39.5.